The molecule has 1 amide bonds. The summed E-state index contributed by atoms with van der Waals surface area (Å²) in [6.07, 6.45) is 0.745. The molecule has 0 aliphatic heterocycles. The van der Waals surface area contributed by atoms with Gasteiger partial charge in [0.25, 0.3) is 0 Å². The summed E-state index contributed by atoms with van der Waals surface area (Å²) >= 11 is 1.68. The average Bonchev–Trinajstić information content (AvgIpc) is 2.61. The summed E-state index contributed by atoms with van der Waals surface area (Å²) in [6, 6.07) is 2.06. The molecule has 1 aromatic rings. The Bertz CT molecular complexity index is 322. The molecule has 0 fully saturated rings. The summed E-state index contributed by atoms with van der Waals surface area (Å²) in [6.45, 7) is 5.16. The van der Waals surface area contributed by atoms with Gasteiger partial charge in [-0.05, 0) is 36.9 Å². The number of hydrogen-bond donors (Lipinski definition) is 2. The Labute approximate surface area is 94.7 Å². The van der Waals surface area contributed by atoms with Crippen molar-refractivity contribution in [2.45, 2.75) is 26.8 Å². The SMILES string of the molecule is Cc1ccsc1CNC(=O)C(C)CCN. The van der Waals surface area contributed by atoms with E-state index in [1.165, 1.54) is 10.4 Å². The first-order valence-electron chi connectivity index (χ1n) is 5.16. The van der Waals surface area contributed by atoms with Gasteiger partial charge in [0.15, 0.2) is 0 Å². The third-order valence-corrected chi connectivity index (χ3v) is 3.46. The molecule has 0 aliphatic rings. The van der Waals surface area contributed by atoms with Gasteiger partial charge in [0.05, 0.1) is 6.54 Å². The first-order valence-corrected chi connectivity index (χ1v) is 6.04. The van der Waals surface area contributed by atoms with Crippen LogP contribution in [0.15, 0.2) is 11.4 Å². The quantitative estimate of drug-likeness (QED) is 0.802. The summed E-state index contributed by atoms with van der Waals surface area (Å²) in [4.78, 5) is 12.8. The van der Waals surface area contributed by atoms with Crippen molar-refractivity contribution in [1.82, 2.24) is 5.32 Å². The average molecular weight is 226 g/mol. The van der Waals surface area contributed by atoms with E-state index in [1.54, 1.807) is 11.3 Å². The molecular weight excluding hydrogens is 208 g/mol. The molecule has 0 saturated carbocycles. The smallest absolute Gasteiger partial charge is 0.223 e. The van der Waals surface area contributed by atoms with Gasteiger partial charge in [-0.2, -0.15) is 0 Å². The van der Waals surface area contributed by atoms with E-state index < -0.39 is 0 Å². The normalized spacial score (nSPS) is 12.5. The molecule has 0 radical (unpaired) electrons. The molecule has 1 heterocycles. The highest BCUT2D eigenvalue weighted by Gasteiger charge is 2.11. The molecule has 1 aromatic heterocycles. The van der Waals surface area contributed by atoms with Crippen LogP contribution >= 0.6 is 11.3 Å². The topological polar surface area (TPSA) is 55.1 Å². The van der Waals surface area contributed by atoms with Crippen molar-refractivity contribution in [1.29, 1.82) is 0 Å². The first-order chi connectivity index (χ1) is 7.15. The maximum atomic E-state index is 11.6. The second-order valence-corrected chi connectivity index (χ2v) is 4.72. The molecule has 0 saturated heterocycles. The van der Waals surface area contributed by atoms with Gasteiger partial charge in [-0.3, -0.25) is 4.79 Å². The van der Waals surface area contributed by atoms with Gasteiger partial charge in [0.1, 0.15) is 0 Å². The fourth-order valence-electron chi connectivity index (χ4n) is 1.31. The monoisotopic (exact) mass is 226 g/mol. The van der Waals surface area contributed by atoms with E-state index in [0.29, 0.717) is 13.1 Å². The lowest BCUT2D eigenvalue weighted by Gasteiger charge is -2.10. The van der Waals surface area contributed by atoms with Crippen LogP contribution in [0.25, 0.3) is 0 Å². The number of carbonyl (C=O) groups excluding carboxylic acids is 1. The molecule has 84 valence electrons. The van der Waals surface area contributed by atoms with Crippen LogP contribution in [0.3, 0.4) is 0 Å². The Morgan fingerprint density at radius 1 is 1.67 bits per heavy atom. The van der Waals surface area contributed by atoms with E-state index in [9.17, 15) is 4.79 Å². The number of amides is 1. The molecule has 1 unspecified atom stereocenters. The molecule has 0 aromatic carbocycles. The van der Waals surface area contributed by atoms with E-state index in [2.05, 4.69) is 18.3 Å². The third-order valence-electron chi connectivity index (χ3n) is 2.44. The maximum Gasteiger partial charge on any atom is 0.223 e. The van der Waals surface area contributed by atoms with Crippen molar-refractivity contribution < 1.29 is 4.79 Å². The largest absolute Gasteiger partial charge is 0.351 e. The Kier molecular flexibility index (Phi) is 4.78. The molecular formula is C11H18N2OS. The van der Waals surface area contributed by atoms with Gasteiger partial charge in [-0.1, -0.05) is 6.92 Å². The summed E-state index contributed by atoms with van der Waals surface area (Å²) in [7, 11) is 0. The highest BCUT2D eigenvalue weighted by atomic mass is 32.1. The second-order valence-electron chi connectivity index (χ2n) is 3.72. The molecule has 4 heteroatoms. The number of carbonyl (C=O) groups is 1. The zero-order chi connectivity index (χ0) is 11.3. The lowest BCUT2D eigenvalue weighted by Crippen LogP contribution is -2.29. The Balaban J connectivity index is 2.37. The molecule has 0 aliphatic carbocycles. The minimum atomic E-state index is 0.00951. The van der Waals surface area contributed by atoms with Crippen LogP contribution in [-0.2, 0) is 11.3 Å². The van der Waals surface area contributed by atoms with Crippen molar-refractivity contribution in [3.05, 3.63) is 21.9 Å². The van der Waals surface area contributed by atoms with E-state index in [4.69, 9.17) is 5.73 Å². The highest BCUT2D eigenvalue weighted by Crippen LogP contribution is 2.15. The van der Waals surface area contributed by atoms with Gasteiger partial charge in [0.2, 0.25) is 5.91 Å². The van der Waals surface area contributed by atoms with Crippen molar-refractivity contribution in [3.63, 3.8) is 0 Å². The minimum Gasteiger partial charge on any atom is -0.351 e. The van der Waals surface area contributed by atoms with E-state index in [-0.39, 0.29) is 11.8 Å². The van der Waals surface area contributed by atoms with Crippen molar-refractivity contribution in [3.8, 4) is 0 Å². The number of rotatable bonds is 5. The lowest BCUT2D eigenvalue weighted by molar-refractivity contribution is -0.124. The fraction of sp³-hybridized carbons (Fsp3) is 0.545. The zero-order valence-electron chi connectivity index (χ0n) is 9.25. The number of aryl methyl sites for hydroxylation is 1. The first kappa shape index (κ1) is 12.2. The van der Waals surface area contributed by atoms with Gasteiger partial charge in [0, 0.05) is 10.8 Å². The minimum absolute atomic E-state index is 0.00951. The standard InChI is InChI=1S/C11H18N2OS/c1-8-4-6-15-10(8)7-13-11(14)9(2)3-5-12/h4,6,9H,3,5,7,12H2,1-2H3,(H,13,14). The van der Waals surface area contributed by atoms with Crippen LogP contribution in [0.1, 0.15) is 23.8 Å². The van der Waals surface area contributed by atoms with Crippen LogP contribution < -0.4 is 11.1 Å². The summed E-state index contributed by atoms with van der Waals surface area (Å²) in [5.74, 6) is 0.100. The Morgan fingerprint density at radius 2 is 2.40 bits per heavy atom. The maximum absolute atomic E-state index is 11.6. The predicted octanol–water partition coefficient (Wildman–Crippen LogP) is 1.66. The molecule has 1 rings (SSSR count). The summed E-state index contributed by atoms with van der Waals surface area (Å²) in [5, 5.41) is 4.97. The third kappa shape index (κ3) is 3.64. The number of hydrogen-bond acceptors (Lipinski definition) is 3. The number of thiophene rings is 1. The summed E-state index contributed by atoms with van der Waals surface area (Å²) < 4.78 is 0. The second kappa shape index (κ2) is 5.88. The van der Waals surface area contributed by atoms with E-state index in [1.807, 2.05) is 12.3 Å². The van der Waals surface area contributed by atoms with Gasteiger partial charge >= 0.3 is 0 Å². The predicted molar refractivity (Wildman–Crippen MR) is 63.7 cm³/mol. The van der Waals surface area contributed by atoms with E-state index in [0.717, 1.165) is 6.42 Å². The Morgan fingerprint density at radius 3 is 2.93 bits per heavy atom. The molecule has 1 atom stereocenters. The van der Waals surface area contributed by atoms with Crippen molar-refractivity contribution >= 4 is 17.2 Å². The molecule has 3 N–H and O–H groups in total. The van der Waals surface area contributed by atoms with Crippen LogP contribution in [0.4, 0.5) is 0 Å². The molecule has 0 bridgehead atoms. The van der Waals surface area contributed by atoms with Crippen LogP contribution in [0.5, 0.6) is 0 Å². The Hall–Kier alpha value is -0.870. The van der Waals surface area contributed by atoms with E-state index >= 15 is 0 Å². The van der Waals surface area contributed by atoms with Gasteiger partial charge in [-0.15, -0.1) is 11.3 Å². The van der Waals surface area contributed by atoms with Gasteiger partial charge < -0.3 is 11.1 Å². The zero-order valence-corrected chi connectivity index (χ0v) is 10.1. The van der Waals surface area contributed by atoms with Crippen molar-refractivity contribution in [2.75, 3.05) is 6.54 Å². The lowest BCUT2D eigenvalue weighted by atomic mass is 10.1. The number of nitrogens with two attached hydrogens (primary N) is 1. The molecule has 0 spiro atoms. The number of nitrogens with one attached hydrogen (secondary N) is 1. The molecule has 3 nitrogen and oxygen atoms in total. The van der Waals surface area contributed by atoms with Crippen LogP contribution in [0.2, 0.25) is 0 Å². The summed E-state index contributed by atoms with van der Waals surface area (Å²) in [5.41, 5.74) is 6.65. The molecule has 15 heavy (non-hydrogen) atoms. The van der Waals surface area contributed by atoms with Gasteiger partial charge in [-0.25, -0.2) is 0 Å². The van der Waals surface area contributed by atoms with Crippen LogP contribution in [0, 0.1) is 12.8 Å². The van der Waals surface area contributed by atoms with Crippen LogP contribution in [-0.4, -0.2) is 12.5 Å². The van der Waals surface area contributed by atoms with Crippen molar-refractivity contribution in [2.24, 2.45) is 11.7 Å². The highest BCUT2D eigenvalue weighted by molar-refractivity contribution is 7.10. The fourth-order valence-corrected chi connectivity index (χ4v) is 2.15.